The first-order valence-corrected chi connectivity index (χ1v) is 12.3. The highest BCUT2D eigenvalue weighted by molar-refractivity contribution is 6.06. The van der Waals surface area contributed by atoms with Gasteiger partial charge in [-0.1, -0.05) is 18.2 Å². The Morgan fingerprint density at radius 1 is 1.03 bits per heavy atom. The summed E-state index contributed by atoms with van der Waals surface area (Å²) in [4.78, 5) is 17.5. The van der Waals surface area contributed by atoms with E-state index in [0.29, 0.717) is 30.9 Å². The molecule has 202 valence electrons. The molecule has 1 aliphatic rings. The van der Waals surface area contributed by atoms with Gasteiger partial charge < -0.3 is 15.4 Å². The van der Waals surface area contributed by atoms with Crippen LogP contribution in [0.25, 0.3) is 11.1 Å². The summed E-state index contributed by atoms with van der Waals surface area (Å²) in [6.07, 6.45) is 2.07. The van der Waals surface area contributed by atoms with Gasteiger partial charge in [-0.15, -0.1) is 0 Å². The number of hydrogen-bond donors (Lipinski definition) is 2. The Morgan fingerprint density at radius 3 is 2.54 bits per heavy atom. The molecule has 1 amide bonds. The van der Waals surface area contributed by atoms with Crippen molar-refractivity contribution >= 4 is 23.1 Å². The number of halogens is 4. The molecule has 4 aromatic rings. The van der Waals surface area contributed by atoms with Gasteiger partial charge in [-0.3, -0.25) is 9.48 Å². The van der Waals surface area contributed by atoms with Gasteiger partial charge in [0.2, 0.25) is 0 Å². The van der Waals surface area contributed by atoms with Crippen molar-refractivity contribution in [2.24, 2.45) is 0 Å². The van der Waals surface area contributed by atoms with E-state index < -0.39 is 29.0 Å². The number of para-hydroxylation sites is 1. The summed E-state index contributed by atoms with van der Waals surface area (Å²) in [5.74, 6) is -1.81. The lowest BCUT2D eigenvalue weighted by atomic mass is 10.1. The molecule has 11 heteroatoms. The molecule has 0 saturated carbocycles. The van der Waals surface area contributed by atoms with Gasteiger partial charge in [-0.05, 0) is 55.7 Å². The number of nitrogens with one attached hydrogen (secondary N) is 2. The molecule has 0 spiro atoms. The minimum Gasteiger partial charge on any atom is -0.381 e. The maximum Gasteiger partial charge on any atom is 0.416 e. The summed E-state index contributed by atoms with van der Waals surface area (Å²) in [7, 11) is 0. The number of aromatic nitrogens is 3. The quantitative estimate of drug-likeness (QED) is 0.265. The predicted molar refractivity (Wildman–Crippen MR) is 138 cm³/mol. The Hall–Kier alpha value is -4.25. The van der Waals surface area contributed by atoms with Crippen molar-refractivity contribution in [2.75, 3.05) is 23.8 Å². The summed E-state index contributed by atoms with van der Waals surface area (Å²) >= 11 is 0. The number of carbonyl (C=O) groups excluding carboxylic acids is 1. The fourth-order valence-corrected chi connectivity index (χ4v) is 4.37. The number of benzene rings is 2. The van der Waals surface area contributed by atoms with Crippen molar-refractivity contribution in [1.29, 1.82) is 0 Å². The Balaban J connectivity index is 1.49. The lowest BCUT2D eigenvalue weighted by Crippen LogP contribution is -2.19. The van der Waals surface area contributed by atoms with Crippen LogP contribution in [0.1, 0.15) is 40.4 Å². The topological polar surface area (TPSA) is 81.1 Å². The van der Waals surface area contributed by atoms with Crippen LogP contribution in [0.5, 0.6) is 0 Å². The van der Waals surface area contributed by atoms with E-state index in [4.69, 9.17) is 4.74 Å². The highest BCUT2D eigenvalue weighted by Gasteiger charge is 2.32. The first kappa shape index (κ1) is 26.4. The Bertz CT molecular complexity index is 1500. The van der Waals surface area contributed by atoms with Crippen LogP contribution in [-0.4, -0.2) is 33.9 Å². The molecule has 3 heterocycles. The second-order valence-electron chi connectivity index (χ2n) is 9.29. The van der Waals surface area contributed by atoms with Crippen molar-refractivity contribution in [3.63, 3.8) is 0 Å². The van der Waals surface area contributed by atoms with Gasteiger partial charge in [0.05, 0.1) is 23.5 Å². The Morgan fingerprint density at radius 2 is 1.79 bits per heavy atom. The van der Waals surface area contributed by atoms with E-state index in [1.807, 2.05) is 42.1 Å². The van der Waals surface area contributed by atoms with Gasteiger partial charge in [-0.25, -0.2) is 9.37 Å². The van der Waals surface area contributed by atoms with Crippen molar-refractivity contribution in [2.45, 2.75) is 32.0 Å². The summed E-state index contributed by atoms with van der Waals surface area (Å²) < 4.78 is 61.0. The molecule has 0 aliphatic carbocycles. The fourth-order valence-electron chi connectivity index (χ4n) is 4.37. The maximum atomic E-state index is 14.0. The highest BCUT2D eigenvalue weighted by Crippen LogP contribution is 2.33. The first-order valence-electron chi connectivity index (χ1n) is 12.3. The van der Waals surface area contributed by atoms with E-state index in [1.54, 1.807) is 18.5 Å². The average Bonchev–Trinajstić information content (AvgIpc) is 3.41. The summed E-state index contributed by atoms with van der Waals surface area (Å²) in [5.41, 5.74) is 1.51. The van der Waals surface area contributed by atoms with Crippen LogP contribution in [0.15, 0.2) is 67.1 Å². The van der Waals surface area contributed by atoms with Crippen LogP contribution < -0.4 is 10.6 Å². The van der Waals surface area contributed by atoms with Gasteiger partial charge in [0.25, 0.3) is 5.91 Å². The van der Waals surface area contributed by atoms with Crippen molar-refractivity contribution in [1.82, 2.24) is 14.8 Å². The van der Waals surface area contributed by atoms with Crippen LogP contribution in [-0.2, 0) is 10.9 Å². The van der Waals surface area contributed by atoms with Crippen LogP contribution >= 0.6 is 0 Å². The number of carbonyl (C=O) groups is 1. The Labute approximate surface area is 221 Å². The molecule has 2 aromatic carbocycles. The minimum absolute atomic E-state index is 0.206. The number of alkyl halides is 3. The molecule has 1 fully saturated rings. The van der Waals surface area contributed by atoms with Crippen molar-refractivity contribution in [3.8, 4) is 11.1 Å². The predicted octanol–water partition coefficient (Wildman–Crippen LogP) is 6.76. The summed E-state index contributed by atoms with van der Waals surface area (Å²) in [5, 5.41) is 10.3. The molecular weight excluding hydrogens is 514 g/mol. The third kappa shape index (κ3) is 6.09. The Kier molecular flexibility index (Phi) is 7.34. The van der Waals surface area contributed by atoms with Crippen LogP contribution in [0.2, 0.25) is 0 Å². The van der Waals surface area contributed by atoms with E-state index in [2.05, 4.69) is 20.7 Å². The summed E-state index contributed by atoms with van der Waals surface area (Å²) in [6, 6.07) is 11.0. The highest BCUT2D eigenvalue weighted by atomic mass is 19.4. The van der Waals surface area contributed by atoms with Gasteiger partial charge in [0.15, 0.2) is 5.82 Å². The first-order chi connectivity index (χ1) is 18.7. The molecule has 1 aliphatic heterocycles. The molecule has 39 heavy (non-hydrogen) atoms. The second-order valence-corrected chi connectivity index (χ2v) is 9.29. The molecule has 0 atom stereocenters. The molecule has 0 unspecified atom stereocenters. The minimum atomic E-state index is -4.80. The molecular formula is C28H25F4N5O2. The van der Waals surface area contributed by atoms with E-state index in [0.717, 1.165) is 35.7 Å². The van der Waals surface area contributed by atoms with Gasteiger partial charge in [-0.2, -0.15) is 18.3 Å². The molecule has 7 nitrogen and oxygen atoms in total. The summed E-state index contributed by atoms with van der Waals surface area (Å²) in [6.45, 7) is 3.21. The smallest absolute Gasteiger partial charge is 0.381 e. The van der Waals surface area contributed by atoms with Gasteiger partial charge in [0.1, 0.15) is 5.82 Å². The van der Waals surface area contributed by atoms with Crippen LogP contribution in [0, 0.1) is 12.7 Å². The molecule has 1 saturated heterocycles. The second kappa shape index (κ2) is 10.9. The third-order valence-electron chi connectivity index (χ3n) is 6.52. The number of pyridine rings is 1. The maximum absolute atomic E-state index is 14.0. The number of anilines is 3. The monoisotopic (exact) mass is 539 g/mol. The zero-order valence-electron chi connectivity index (χ0n) is 20.9. The number of ether oxygens (including phenoxy) is 1. The average molecular weight is 540 g/mol. The van der Waals surface area contributed by atoms with E-state index in [1.165, 1.54) is 0 Å². The lowest BCUT2D eigenvalue weighted by molar-refractivity contribution is -0.137. The van der Waals surface area contributed by atoms with E-state index >= 15 is 0 Å². The van der Waals surface area contributed by atoms with Gasteiger partial charge >= 0.3 is 6.18 Å². The normalized spacial score (nSPS) is 14.3. The number of aryl methyl sites for hydroxylation is 1. The van der Waals surface area contributed by atoms with E-state index in [-0.39, 0.29) is 17.5 Å². The standard InChI is InChI=1S/C28H25F4N5O2/c1-17-4-2-3-5-24(17)35-26-25(36-27(38)18-10-21(28(30,31)32)13-22(29)11-18)12-19(14-33-26)20-15-34-37(16-20)23-6-8-39-9-7-23/h2-5,10-16,23H,6-9H2,1H3,(H,33,35)(H,36,38). The molecule has 5 rings (SSSR count). The molecule has 0 bridgehead atoms. The molecule has 0 radical (unpaired) electrons. The van der Waals surface area contributed by atoms with E-state index in [9.17, 15) is 22.4 Å². The SMILES string of the molecule is Cc1ccccc1Nc1ncc(-c2cnn(C3CCOCC3)c2)cc1NC(=O)c1cc(F)cc(C(F)(F)F)c1. The fraction of sp³-hybridized carbons (Fsp3) is 0.250. The number of nitrogens with zero attached hydrogens (tertiary/aromatic N) is 3. The van der Waals surface area contributed by atoms with Gasteiger partial charge in [0, 0.05) is 48.0 Å². The van der Waals surface area contributed by atoms with Crippen molar-refractivity contribution in [3.05, 3.63) is 89.6 Å². The lowest BCUT2D eigenvalue weighted by Gasteiger charge is -2.22. The number of hydrogen-bond acceptors (Lipinski definition) is 5. The number of amides is 1. The molecule has 2 N–H and O–H groups in total. The third-order valence-corrected chi connectivity index (χ3v) is 6.52. The van der Waals surface area contributed by atoms with Crippen LogP contribution in [0.3, 0.4) is 0 Å². The van der Waals surface area contributed by atoms with Crippen LogP contribution in [0.4, 0.5) is 34.8 Å². The largest absolute Gasteiger partial charge is 0.416 e. The zero-order chi connectivity index (χ0) is 27.6. The van der Waals surface area contributed by atoms with Crippen molar-refractivity contribution < 1.29 is 27.1 Å². The molecule has 2 aromatic heterocycles. The number of rotatable bonds is 6. The zero-order valence-corrected chi connectivity index (χ0v) is 20.9.